The summed E-state index contributed by atoms with van der Waals surface area (Å²) in [5.41, 5.74) is 1.03. The highest BCUT2D eigenvalue weighted by molar-refractivity contribution is 5.90. The average Bonchev–Trinajstić information content (AvgIpc) is 3.43. The van der Waals surface area contributed by atoms with E-state index in [0.29, 0.717) is 23.0 Å². The Morgan fingerprint density at radius 1 is 0.714 bits per heavy atom. The molecule has 1 aliphatic carbocycles. The van der Waals surface area contributed by atoms with E-state index in [1.807, 2.05) is 36.4 Å². The van der Waals surface area contributed by atoms with E-state index in [2.05, 4.69) is 5.32 Å². The summed E-state index contributed by atoms with van der Waals surface area (Å²) in [4.78, 5) is 25.4. The third-order valence-electron chi connectivity index (χ3n) is 6.47. The first-order valence-electron chi connectivity index (χ1n) is 10.0. The van der Waals surface area contributed by atoms with Crippen LogP contribution in [0, 0.1) is 11.8 Å². The lowest BCUT2D eigenvalue weighted by Gasteiger charge is -2.35. The molecule has 2 aromatic carbocycles. The van der Waals surface area contributed by atoms with Gasteiger partial charge in [0.25, 0.3) is 0 Å². The molecule has 5 nitrogen and oxygen atoms in total. The molecule has 1 N–H and O–H groups in total. The molecule has 144 valence electrons. The molecule has 0 amide bonds. The molecule has 28 heavy (non-hydrogen) atoms. The minimum atomic E-state index is -0.454. The van der Waals surface area contributed by atoms with Gasteiger partial charge in [-0.3, -0.25) is 0 Å². The number of hydrogen-bond donors (Lipinski definition) is 1. The Bertz CT molecular complexity index is 797. The van der Waals surface area contributed by atoms with Crippen molar-refractivity contribution >= 4 is 11.9 Å². The SMILES string of the molecule is O=C(OC1C2NC(C3CCCC32)C1OC(=O)c1ccccc1)c1ccccc1. The second-order valence-corrected chi connectivity index (χ2v) is 7.95. The van der Waals surface area contributed by atoms with Gasteiger partial charge in [-0.15, -0.1) is 0 Å². The van der Waals surface area contributed by atoms with E-state index >= 15 is 0 Å². The zero-order chi connectivity index (χ0) is 19.1. The first-order valence-corrected chi connectivity index (χ1v) is 10.0. The summed E-state index contributed by atoms with van der Waals surface area (Å²) < 4.78 is 11.8. The fourth-order valence-electron chi connectivity index (χ4n) is 5.28. The molecule has 2 bridgehead atoms. The van der Waals surface area contributed by atoms with Crippen LogP contribution in [-0.2, 0) is 9.47 Å². The third kappa shape index (κ3) is 2.90. The number of carbonyl (C=O) groups excluding carboxylic acids is 2. The Morgan fingerprint density at radius 3 is 1.57 bits per heavy atom. The van der Waals surface area contributed by atoms with Crippen LogP contribution in [-0.4, -0.2) is 36.2 Å². The summed E-state index contributed by atoms with van der Waals surface area (Å²) in [6.45, 7) is 0. The molecular weight excluding hydrogens is 354 g/mol. The van der Waals surface area contributed by atoms with Crippen LogP contribution in [0.25, 0.3) is 0 Å². The molecule has 0 spiro atoms. The van der Waals surface area contributed by atoms with Crippen molar-refractivity contribution in [3.63, 3.8) is 0 Å². The van der Waals surface area contributed by atoms with Gasteiger partial charge in [0.15, 0.2) is 12.2 Å². The van der Waals surface area contributed by atoms with Gasteiger partial charge in [0, 0.05) is 0 Å². The first kappa shape index (κ1) is 17.4. The van der Waals surface area contributed by atoms with Crippen molar-refractivity contribution in [1.82, 2.24) is 5.32 Å². The van der Waals surface area contributed by atoms with Crippen LogP contribution in [0.15, 0.2) is 60.7 Å². The van der Waals surface area contributed by atoms with Crippen molar-refractivity contribution in [2.75, 3.05) is 0 Å². The van der Waals surface area contributed by atoms with Gasteiger partial charge in [0.2, 0.25) is 0 Å². The number of nitrogens with one attached hydrogen (secondary N) is 1. The van der Waals surface area contributed by atoms with Crippen LogP contribution in [0.3, 0.4) is 0 Å². The van der Waals surface area contributed by atoms with Crippen molar-refractivity contribution in [3.8, 4) is 0 Å². The zero-order valence-corrected chi connectivity index (χ0v) is 15.5. The number of carbonyl (C=O) groups is 2. The van der Waals surface area contributed by atoms with E-state index in [1.54, 1.807) is 24.3 Å². The van der Waals surface area contributed by atoms with E-state index in [9.17, 15) is 9.59 Å². The number of fused-ring (bicyclic) bond motifs is 5. The molecule has 3 fully saturated rings. The Kier molecular flexibility index (Phi) is 4.40. The molecule has 2 aliphatic heterocycles. The summed E-state index contributed by atoms with van der Waals surface area (Å²) in [5, 5.41) is 3.59. The highest BCUT2D eigenvalue weighted by atomic mass is 16.6. The molecule has 5 heteroatoms. The van der Waals surface area contributed by atoms with Crippen molar-refractivity contribution in [2.45, 2.75) is 43.6 Å². The van der Waals surface area contributed by atoms with Crippen LogP contribution in [0.5, 0.6) is 0 Å². The Hall–Kier alpha value is -2.66. The maximum absolute atomic E-state index is 12.7. The van der Waals surface area contributed by atoms with E-state index in [-0.39, 0.29) is 24.0 Å². The maximum Gasteiger partial charge on any atom is 0.338 e. The van der Waals surface area contributed by atoms with Crippen LogP contribution in [0.2, 0.25) is 0 Å². The van der Waals surface area contributed by atoms with Gasteiger partial charge in [-0.2, -0.15) is 0 Å². The van der Waals surface area contributed by atoms with Gasteiger partial charge in [-0.25, -0.2) is 9.59 Å². The van der Waals surface area contributed by atoms with E-state index < -0.39 is 12.2 Å². The number of hydrogen-bond acceptors (Lipinski definition) is 5. The van der Waals surface area contributed by atoms with Gasteiger partial charge in [-0.05, 0) is 48.9 Å². The lowest BCUT2D eigenvalue weighted by atomic mass is 9.78. The predicted molar refractivity (Wildman–Crippen MR) is 103 cm³/mol. The second-order valence-electron chi connectivity index (χ2n) is 7.95. The minimum absolute atomic E-state index is 0.0544. The van der Waals surface area contributed by atoms with Crippen molar-refractivity contribution in [2.24, 2.45) is 11.8 Å². The number of benzene rings is 2. The van der Waals surface area contributed by atoms with Gasteiger partial charge in [-0.1, -0.05) is 42.8 Å². The van der Waals surface area contributed by atoms with E-state index in [1.165, 1.54) is 6.42 Å². The van der Waals surface area contributed by atoms with Crippen LogP contribution in [0.1, 0.15) is 40.0 Å². The predicted octanol–water partition coefficient (Wildman–Crippen LogP) is 3.21. The zero-order valence-electron chi connectivity index (χ0n) is 15.5. The maximum atomic E-state index is 12.7. The lowest BCUT2D eigenvalue weighted by molar-refractivity contribution is -0.0540. The van der Waals surface area contributed by atoms with E-state index in [0.717, 1.165) is 12.8 Å². The van der Waals surface area contributed by atoms with Gasteiger partial charge in [0.05, 0.1) is 23.2 Å². The van der Waals surface area contributed by atoms with Gasteiger partial charge in [0.1, 0.15) is 0 Å². The smallest absolute Gasteiger partial charge is 0.338 e. The number of esters is 2. The molecule has 3 aliphatic rings. The van der Waals surface area contributed by atoms with Gasteiger partial charge >= 0.3 is 11.9 Å². The summed E-state index contributed by atoms with van der Waals surface area (Å²) in [5.74, 6) is 0.251. The Balaban J connectivity index is 1.38. The minimum Gasteiger partial charge on any atom is -0.453 e. The van der Waals surface area contributed by atoms with Gasteiger partial charge < -0.3 is 14.8 Å². The molecule has 2 heterocycles. The lowest BCUT2D eigenvalue weighted by Crippen LogP contribution is -2.49. The van der Waals surface area contributed by atoms with Crippen LogP contribution in [0.4, 0.5) is 0 Å². The molecule has 6 atom stereocenters. The van der Waals surface area contributed by atoms with E-state index in [4.69, 9.17) is 9.47 Å². The van der Waals surface area contributed by atoms with Crippen molar-refractivity contribution in [1.29, 1.82) is 0 Å². The first-order chi connectivity index (χ1) is 13.7. The third-order valence-corrected chi connectivity index (χ3v) is 6.47. The fraction of sp³-hybridized carbons (Fsp3) is 0.391. The second kappa shape index (κ2) is 7.06. The Labute approximate surface area is 164 Å². The highest BCUT2D eigenvalue weighted by Gasteiger charge is 2.62. The fourth-order valence-corrected chi connectivity index (χ4v) is 5.28. The molecular formula is C23H23NO4. The largest absolute Gasteiger partial charge is 0.453 e. The van der Waals surface area contributed by atoms with Crippen LogP contribution < -0.4 is 5.32 Å². The quantitative estimate of drug-likeness (QED) is 0.829. The summed E-state index contributed by atoms with van der Waals surface area (Å²) in [7, 11) is 0. The van der Waals surface area contributed by atoms with Crippen molar-refractivity contribution in [3.05, 3.63) is 71.8 Å². The summed E-state index contributed by atoms with van der Waals surface area (Å²) >= 11 is 0. The molecule has 1 saturated carbocycles. The molecule has 2 saturated heterocycles. The number of rotatable bonds is 4. The summed E-state index contributed by atoms with van der Waals surface area (Å²) in [6.07, 6.45) is 2.55. The highest BCUT2D eigenvalue weighted by Crippen LogP contribution is 2.50. The number of ether oxygens (including phenoxy) is 2. The molecule has 6 unspecified atom stereocenters. The normalized spacial score (nSPS) is 32.7. The molecule has 2 aromatic rings. The standard InChI is InChI=1S/C23H23NO4/c25-22(14-8-3-1-4-9-14)27-20-18-16-12-7-13-17(16)19(24-18)21(20)28-23(26)15-10-5-2-6-11-15/h1-6,8-11,16-21,24H,7,12-13H2. The average molecular weight is 377 g/mol. The summed E-state index contributed by atoms with van der Waals surface area (Å²) in [6, 6.07) is 18.1. The molecule has 0 radical (unpaired) electrons. The van der Waals surface area contributed by atoms with Crippen molar-refractivity contribution < 1.29 is 19.1 Å². The topological polar surface area (TPSA) is 64.6 Å². The van der Waals surface area contributed by atoms with Crippen LogP contribution >= 0.6 is 0 Å². The molecule has 0 aromatic heterocycles. The molecule has 5 rings (SSSR count). The monoisotopic (exact) mass is 377 g/mol. The Morgan fingerprint density at radius 2 is 1.14 bits per heavy atom.